The summed E-state index contributed by atoms with van der Waals surface area (Å²) in [5.74, 6) is -1.72. The monoisotopic (exact) mass is 792 g/mol. The molecule has 5 atom stereocenters. The highest BCUT2D eigenvalue weighted by molar-refractivity contribution is 6.09. The number of alkyl halides is 1. The molecule has 3 heterocycles. The summed E-state index contributed by atoms with van der Waals surface area (Å²) in [6.45, 7) is 5.11. The lowest BCUT2D eigenvalue weighted by atomic mass is 9.71. The molecule has 12 nitrogen and oxygen atoms in total. The van der Waals surface area contributed by atoms with Gasteiger partial charge in [0.2, 0.25) is 5.91 Å². The lowest BCUT2D eigenvalue weighted by Gasteiger charge is -2.33. The second-order valence-corrected chi connectivity index (χ2v) is 15.7. The maximum Gasteiger partial charge on any atom is 0.264 e. The molecule has 2 fully saturated rings. The Labute approximate surface area is 337 Å². The number of benzene rings is 4. The number of hydrogen-bond acceptors (Lipinski definition) is 8. The molecule has 3 aliphatic heterocycles. The fourth-order valence-electron chi connectivity index (χ4n) is 8.89. The largest absolute Gasteiger partial charge is 0.497 e. The predicted octanol–water partition coefficient (Wildman–Crippen LogP) is 6.72. The molecule has 58 heavy (non-hydrogen) atoms. The normalized spacial score (nSPS) is 22.6. The Bertz CT molecular complexity index is 2170. The quantitative estimate of drug-likeness (QED) is 0.143. The van der Waals surface area contributed by atoms with Gasteiger partial charge in [-0.2, -0.15) is 0 Å². The Balaban J connectivity index is 1.20. The van der Waals surface area contributed by atoms with Crippen LogP contribution in [0.2, 0.25) is 0 Å². The number of aliphatic hydroxyl groups excluding tert-OH is 1. The van der Waals surface area contributed by atoms with Gasteiger partial charge in [0.15, 0.2) is 5.60 Å². The summed E-state index contributed by atoms with van der Waals surface area (Å²) in [5.41, 5.74) is 0.00310. The minimum Gasteiger partial charge on any atom is -0.497 e. The molecule has 4 aromatic rings. The van der Waals surface area contributed by atoms with E-state index in [1.807, 2.05) is 12.1 Å². The van der Waals surface area contributed by atoms with Crippen LogP contribution in [0.4, 0.5) is 21.5 Å². The molecule has 304 valence electrons. The Morgan fingerprint density at radius 3 is 2.00 bits per heavy atom. The minimum absolute atomic E-state index is 0.118. The molecule has 0 bridgehead atoms. The summed E-state index contributed by atoms with van der Waals surface area (Å²) in [7, 11) is 3.10. The first-order chi connectivity index (χ1) is 27.8. The van der Waals surface area contributed by atoms with E-state index >= 15 is 9.18 Å². The summed E-state index contributed by atoms with van der Waals surface area (Å²) in [6.07, 6.45) is 0.294. The number of nitrogens with one attached hydrogen (secondary N) is 2. The first-order valence-electron chi connectivity index (χ1n) is 19.5. The lowest BCUT2D eigenvalue weighted by Crippen LogP contribution is -2.45. The van der Waals surface area contributed by atoms with Gasteiger partial charge < -0.3 is 39.8 Å². The van der Waals surface area contributed by atoms with E-state index in [1.54, 1.807) is 110 Å². The molecule has 7 rings (SSSR count). The van der Waals surface area contributed by atoms with Gasteiger partial charge in [-0.3, -0.25) is 19.2 Å². The standard InChI is InChI=1S/C45H49FN4O8/c1-27-40(44(2,3)46)38(24-39(52)49-22-6-7-33(49)26-51)58-45(27)36-23-32(48-42(54)30-12-19-35(57-5)20-13-30)16-21-37(36)50(43(45)55)25-28-8-14-31(15-9-28)47-41(53)29-10-17-34(56-4)18-11-29/h8-21,23,27,33,38,40,51H,6-7,22,24-26H2,1-5H3,(H,47,53)(H,48,54)/t27-,33-,38+,40-,45+/m0/s1. The van der Waals surface area contributed by atoms with Gasteiger partial charge in [-0.05, 0) is 111 Å². The first-order valence-corrected chi connectivity index (χ1v) is 19.5. The van der Waals surface area contributed by atoms with Gasteiger partial charge in [0.05, 0.1) is 51.6 Å². The van der Waals surface area contributed by atoms with Crippen LogP contribution in [0.3, 0.4) is 0 Å². The van der Waals surface area contributed by atoms with Gasteiger partial charge in [0.25, 0.3) is 17.7 Å². The summed E-state index contributed by atoms with van der Waals surface area (Å²) < 4.78 is 33.7. The van der Waals surface area contributed by atoms with Crippen LogP contribution in [-0.2, 0) is 26.5 Å². The van der Waals surface area contributed by atoms with Gasteiger partial charge in [-0.1, -0.05) is 19.1 Å². The van der Waals surface area contributed by atoms with Crippen molar-refractivity contribution in [3.05, 3.63) is 113 Å². The summed E-state index contributed by atoms with van der Waals surface area (Å²) >= 11 is 0. The van der Waals surface area contributed by atoms with Gasteiger partial charge in [0.1, 0.15) is 17.2 Å². The SMILES string of the molecule is COc1ccc(C(=O)Nc2ccc(CN3C(=O)[C@]4(O[C@H](CC(=O)N5CCC[C@H]5CO)[C@@H](C(C)(C)F)[C@@H]4C)c4cc(NC(=O)c5ccc(OC)cc5)ccc43)cc2)cc1. The number of hydrogen-bond donors (Lipinski definition) is 3. The van der Waals surface area contributed by atoms with E-state index in [-0.39, 0.29) is 43.3 Å². The molecular formula is C45H49FN4O8. The molecule has 1 spiro atoms. The summed E-state index contributed by atoms with van der Waals surface area (Å²) in [6, 6.07) is 25.4. The summed E-state index contributed by atoms with van der Waals surface area (Å²) in [4.78, 5) is 58.4. The van der Waals surface area contributed by atoms with Crippen molar-refractivity contribution >= 4 is 40.7 Å². The van der Waals surface area contributed by atoms with Crippen LogP contribution >= 0.6 is 0 Å². The lowest BCUT2D eigenvalue weighted by molar-refractivity contribution is -0.150. The van der Waals surface area contributed by atoms with E-state index < -0.39 is 35.1 Å². The molecule has 3 N–H and O–H groups in total. The molecule has 0 saturated carbocycles. The van der Waals surface area contributed by atoms with E-state index in [9.17, 15) is 19.5 Å². The van der Waals surface area contributed by atoms with Crippen LogP contribution in [0.15, 0.2) is 91.0 Å². The van der Waals surface area contributed by atoms with Crippen molar-refractivity contribution in [2.75, 3.05) is 42.9 Å². The number of nitrogens with zero attached hydrogens (tertiary/aromatic N) is 2. The van der Waals surface area contributed by atoms with Crippen LogP contribution in [0.1, 0.15) is 71.9 Å². The molecule has 13 heteroatoms. The first kappa shape index (κ1) is 40.4. The number of halogens is 1. The topological polar surface area (TPSA) is 147 Å². The number of likely N-dealkylation sites (tertiary alicyclic amines) is 1. The van der Waals surface area contributed by atoms with Crippen molar-refractivity contribution in [3.63, 3.8) is 0 Å². The zero-order valence-corrected chi connectivity index (χ0v) is 33.3. The number of carbonyl (C=O) groups is 4. The number of aliphatic hydroxyl groups is 1. The van der Waals surface area contributed by atoms with E-state index in [4.69, 9.17) is 14.2 Å². The minimum atomic E-state index is -1.85. The summed E-state index contributed by atoms with van der Waals surface area (Å²) in [5, 5.41) is 15.8. The van der Waals surface area contributed by atoms with E-state index in [0.717, 1.165) is 12.0 Å². The highest BCUT2D eigenvalue weighted by atomic mass is 19.1. The Hall–Kier alpha value is -5.79. The second-order valence-electron chi connectivity index (χ2n) is 15.7. The molecular weight excluding hydrogens is 744 g/mol. The fraction of sp³-hybridized carbons (Fsp3) is 0.378. The number of ether oxygens (including phenoxy) is 3. The molecule has 0 radical (unpaired) electrons. The Kier molecular flexibility index (Phi) is 11.3. The van der Waals surface area contributed by atoms with Crippen LogP contribution < -0.4 is 25.0 Å². The molecule has 0 aromatic heterocycles. The van der Waals surface area contributed by atoms with Crippen molar-refractivity contribution in [1.29, 1.82) is 0 Å². The van der Waals surface area contributed by atoms with Crippen LogP contribution in [0, 0.1) is 11.8 Å². The van der Waals surface area contributed by atoms with E-state index in [1.165, 1.54) is 13.8 Å². The third-order valence-electron chi connectivity index (χ3n) is 11.8. The highest BCUT2D eigenvalue weighted by Gasteiger charge is 2.66. The highest BCUT2D eigenvalue weighted by Crippen LogP contribution is 2.59. The van der Waals surface area contributed by atoms with Crippen molar-refractivity contribution in [2.24, 2.45) is 11.8 Å². The van der Waals surface area contributed by atoms with Gasteiger partial charge in [-0.15, -0.1) is 0 Å². The average molecular weight is 793 g/mol. The molecule has 0 unspecified atom stereocenters. The van der Waals surface area contributed by atoms with Crippen LogP contribution in [0.5, 0.6) is 11.5 Å². The maximum atomic E-state index is 16.4. The number of amides is 4. The van der Waals surface area contributed by atoms with Crippen molar-refractivity contribution in [3.8, 4) is 11.5 Å². The fourth-order valence-corrected chi connectivity index (χ4v) is 8.89. The molecule has 4 amide bonds. The number of anilines is 3. The Morgan fingerprint density at radius 2 is 1.45 bits per heavy atom. The van der Waals surface area contributed by atoms with Gasteiger partial charge >= 0.3 is 0 Å². The molecule has 3 aliphatic rings. The zero-order valence-electron chi connectivity index (χ0n) is 33.3. The average Bonchev–Trinajstić information content (AvgIpc) is 3.88. The molecule has 2 saturated heterocycles. The molecule has 4 aromatic carbocycles. The zero-order chi connectivity index (χ0) is 41.4. The number of fused-ring (bicyclic) bond motifs is 2. The van der Waals surface area contributed by atoms with Crippen molar-refractivity contribution < 1.29 is 42.9 Å². The second kappa shape index (κ2) is 16.2. The predicted molar refractivity (Wildman–Crippen MR) is 217 cm³/mol. The van der Waals surface area contributed by atoms with Crippen molar-refractivity contribution in [2.45, 2.75) is 70.0 Å². The number of rotatable bonds is 12. The van der Waals surface area contributed by atoms with Gasteiger partial charge in [0, 0.05) is 46.4 Å². The van der Waals surface area contributed by atoms with Crippen LogP contribution in [0.25, 0.3) is 0 Å². The van der Waals surface area contributed by atoms with E-state index in [0.29, 0.717) is 58.2 Å². The Morgan fingerprint density at radius 1 is 0.879 bits per heavy atom. The maximum absolute atomic E-state index is 16.4. The third kappa shape index (κ3) is 7.63. The van der Waals surface area contributed by atoms with Crippen LogP contribution in [-0.4, -0.2) is 78.8 Å². The van der Waals surface area contributed by atoms with Crippen molar-refractivity contribution in [1.82, 2.24) is 4.90 Å². The molecule has 0 aliphatic carbocycles. The van der Waals surface area contributed by atoms with E-state index in [2.05, 4.69) is 10.6 Å². The smallest absolute Gasteiger partial charge is 0.264 e. The number of carbonyl (C=O) groups excluding carboxylic acids is 4. The third-order valence-corrected chi connectivity index (χ3v) is 11.8. The van der Waals surface area contributed by atoms with Gasteiger partial charge in [-0.25, -0.2) is 4.39 Å². The number of methoxy groups -OCH3 is 2.